The number of carboxylic acid groups (broad SMARTS) is 1. The predicted molar refractivity (Wildman–Crippen MR) is 66.2 cm³/mol. The Kier molecular flexibility index (Phi) is 4.35. The third kappa shape index (κ3) is 4.89. The first-order chi connectivity index (χ1) is 8.27. The Morgan fingerprint density at radius 3 is 2.28 bits per heavy atom. The molecule has 0 bridgehead atoms. The lowest BCUT2D eigenvalue weighted by Crippen LogP contribution is -1.99. The van der Waals surface area contributed by atoms with Crippen molar-refractivity contribution in [3.05, 3.63) is 42.1 Å². The minimum Gasteiger partial charge on any atom is -0.477 e. The van der Waals surface area contributed by atoms with Crippen LogP contribution in [0.2, 0.25) is 0 Å². The van der Waals surface area contributed by atoms with Crippen LogP contribution >= 0.6 is 0 Å². The van der Waals surface area contributed by atoms with Gasteiger partial charge >= 0.3 is 5.97 Å². The van der Waals surface area contributed by atoms with E-state index in [0.29, 0.717) is 11.8 Å². The Bertz CT molecular complexity index is 658. The molecular weight excluding hydrogens is 258 g/mol. The minimum absolute atomic E-state index is 0.0821. The fraction of sp³-hybridized carbons (Fsp3) is 0.0909. The van der Waals surface area contributed by atoms with Crippen molar-refractivity contribution < 1.29 is 22.9 Å². The molecule has 18 heavy (non-hydrogen) atoms. The van der Waals surface area contributed by atoms with E-state index in [1.54, 1.807) is 12.1 Å². The topological polar surface area (TPSA) is 105 Å². The van der Waals surface area contributed by atoms with E-state index >= 15 is 0 Å². The molecule has 2 aromatic rings. The van der Waals surface area contributed by atoms with Crippen LogP contribution < -0.4 is 0 Å². The molecule has 1 heterocycles. The fourth-order valence-corrected chi connectivity index (χ4v) is 1.19. The van der Waals surface area contributed by atoms with E-state index in [0.717, 1.165) is 5.39 Å². The van der Waals surface area contributed by atoms with Crippen LogP contribution in [0.1, 0.15) is 10.5 Å². The first kappa shape index (κ1) is 14.1. The molecule has 0 atom stereocenters. The highest BCUT2D eigenvalue weighted by atomic mass is 32.2. The van der Waals surface area contributed by atoms with Crippen molar-refractivity contribution >= 4 is 27.0 Å². The lowest BCUT2D eigenvalue weighted by Gasteiger charge is -1.97. The number of benzene rings is 1. The predicted octanol–water partition coefficient (Wildman–Crippen LogP) is 1.44. The number of para-hydroxylation sites is 1. The average molecular weight is 269 g/mol. The van der Waals surface area contributed by atoms with Gasteiger partial charge in [0.25, 0.3) is 10.1 Å². The minimum atomic E-state index is -3.67. The molecule has 0 fully saturated rings. The van der Waals surface area contributed by atoms with Crippen LogP contribution in [-0.2, 0) is 10.1 Å². The fourth-order valence-electron chi connectivity index (χ4n) is 1.19. The Morgan fingerprint density at radius 2 is 1.72 bits per heavy atom. The molecule has 2 N–H and O–H groups in total. The van der Waals surface area contributed by atoms with Gasteiger partial charge in [-0.1, -0.05) is 24.3 Å². The second-order valence-electron chi connectivity index (χ2n) is 3.43. The number of carboxylic acids is 1. The number of nitrogens with zero attached hydrogens (tertiary/aromatic N) is 1. The van der Waals surface area contributed by atoms with Crippen molar-refractivity contribution in [2.45, 2.75) is 0 Å². The van der Waals surface area contributed by atoms with E-state index in [-0.39, 0.29) is 5.69 Å². The standard InChI is InChI=1S/C10H7NO2.CH4O3S/c12-10(13)9-6-5-7-3-1-2-4-8(7)11-9;1-5(2,3)4/h1-6H,(H,12,13);1H3,(H,2,3,4). The molecule has 0 aliphatic carbocycles. The van der Waals surface area contributed by atoms with Crippen LogP contribution in [-0.4, -0.2) is 35.3 Å². The van der Waals surface area contributed by atoms with Crippen LogP contribution in [0, 0.1) is 0 Å². The summed E-state index contributed by atoms with van der Waals surface area (Å²) >= 11 is 0. The second kappa shape index (κ2) is 5.56. The molecule has 0 aliphatic heterocycles. The van der Waals surface area contributed by atoms with E-state index in [2.05, 4.69) is 4.98 Å². The van der Waals surface area contributed by atoms with Gasteiger partial charge in [-0.3, -0.25) is 4.55 Å². The SMILES string of the molecule is CS(=O)(=O)O.O=C(O)c1ccc2ccccc2n1. The summed E-state index contributed by atoms with van der Waals surface area (Å²) in [4.78, 5) is 14.6. The molecule has 0 saturated carbocycles. The lowest BCUT2D eigenvalue weighted by atomic mass is 10.2. The largest absolute Gasteiger partial charge is 0.477 e. The Labute approximate surface area is 104 Å². The average Bonchev–Trinajstić information content (AvgIpc) is 2.26. The van der Waals surface area contributed by atoms with Crippen molar-refractivity contribution in [3.8, 4) is 0 Å². The molecule has 0 amide bonds. The van der Waals surface area contributed by atoms with Crippen LogP contribution in [0.25, 0.3) is 10.9 Å². The van der Waals surface area contributed by atoms with Crippen molar-refractivity contribution in [1.82, 2.24) is 4.98 Å². The second-order valence-corrected chi connectivity index (χ2v) is 4.89. The summed E-state index contributed by atoms with van der Waals surface area (Å²) in [6, 6.07) is 10.7. The monoisotopic (exact) mass is 269 g/mol. The summed E-state index contributed by atoms with van der Waals surface area (Å²) in [5.41, 5.74) is 0.793. The molecule has 1 aromatic heterocycles. The number of pyridine rings is 1. The number of hydrogen-bond donors (Lipinski definition) is 2. The maximum atomic E-state index is 10.6. The highest BCUT2D eigenvalue weighted by Crippen LogP contribution is 2.11. The van der Waals surface area contributed by atoms with Gasteiger partial charge in [-0.05, 0) is 12.1 Å². The number of fused-ring (bicyclic) bond motifs is 1. The van der Waals surface area contributed by atoms with E-state index < -0.39 is 16.1 Å². The number of hydrogen-bond acceptors (Lipinski definition) is 4. The van der Waals surface area contributed by atoms with Crippen LogP contribution in [0.3, 0.4) is 0 Å². The summed E-state index contributed by atoms with van der Waals surface area (Å²) in [5, 5.41) is 9.63. The molecule has 6 nitrogen and oxygen atoms in total. The van der Waals surface area contributed by atoms with Gasteiger partial charge in [0.05, 0.1) is 11.8 Å². The maximum absolute atomic E-state index is 10.6. The lowest BCUT2D eigenvalue weighted by molar-refractivity contribution is 0.0691. The van der Waals surface area contributed by atoms with E-state index in [1.807, 2.05) is 18.2 Å². The van der Waals surface area contributed by atoms with Gasteiger partial charge in [-0.15, -0.1) is 0 Å². The molecule has 1 aromatic carbocycles. The van der Waals surface area contributed by atoms with Crippen molar-refractivity contribution in [1.29, 1.82) is 0 Å². The van der Waals surface area contributed by atoms with Crippen LogP contribution in [0.4, 0.5) is 0 Å². The Morgan fingerprint density at radius 1 is 1.17 bits per heavy atom. The zero-order chi connectivity index (χ0) is 13.8. The van der Waals surface area contributed by atoms with Gasteiger partial charge in [-0.25, -0.2) is 9.78 Å². The summed E-state index contributed by atoms with van der Waals surface area (Å²) in [5.74, 6) is -0.995. The molecule has 2 rings (SSSR count). The van der Waals surface area contributed by atoms with E-state index in [9.17, 15) is 13.2 Å². The molecule has 0 radical (unpaired) electrons. The maximum Gasteiger partial charge on any atom is 0.354 e. The zero-order valence-corrected chi connectivity index (χ0v) is 10.3. The normalized spacial score (nSPS) is 10.6. The molecule has 96 valence electrons. The quantitative estimate of drug-likeness (QED) is 0.759. The molecule has 0 saturated heterocycles. The van der Waals surface area contributed by atoms with Gasteiger partial charge < -0.3 is 5.11 Å². The molecule has 0 unspecified atom stereocenters. The first-order valence-electron chi connectivity index (χ1n) is 4.79. The van der Waals surface area contributed by atoms with Crippen LogP contribution in [0.15, 0.2) is 36.4 Å². The summed E-state index contributed by atoms with van der Waals surface area (Å²) in [6.45, 7) is 0. The van der Waals surface area contributed by atoms with Gasteiger partial charge in [-0.2, -0.15) is 8.42 Å². The van der Waals surface area contributed by atoms with Crippen molar-refractivity contribution in [2.75, 3.05) is 6.26 Å². The van der Waals surface area contributed by atoms with E-state index in [4.69, 9.17) is 9.66 Å². The number of rotatable bonds is 1. The van der Waals surface area contributed by atoms with Gasteiger partial charge in [0.15, 0.2) is 0 Å². The summed E-state index contributed by atoms with van der Waals surface area (Å²) < 4.78 is 25.9. The zero-order valence-electron chi connectivity index (χ0n) is 9.44. The number of aromatic carboxylic acids is 1. The van der Waals surface area contributed by atoms with Gasteiger partial charge in [0, 0.05) is 5.39 Å². The summed E-state index contributed by atoms with van der Waals surface area (Å²) in [6.07, 6.45) is 0.715. The molecule has 0 spiro atoms. The van der Waals surface area contributed by atoms with Crippen LogP contribution in [0.5, 0.6) is 0 Å². The highest BCUT2D eigenvalue weighted by molar-refractivity contribution is 7.85. The summed E-state index contributed by atoms with van der Waals surface area (Å²) in [7, 11) is -3.67. The number of carbonyl (C=O) groups is 1. The Balaban J connectivity index is 0.000000280. The van der Waals surface area contributed by atoms with Crippen molar-refractivity contribution in [3.63, 3.8) is 0 Å². The first-order valence-corrected chi connectivity index (χ1v) is 6.64. The molecule has 0 aliphatic rings. The molecular formula is C11H11NO5S. The highest BCUT2D eigenvalue weighted by Gasteiger charge is 2.03. The third-order valence-corrected chi connectivity index (χ3v) is 1.82. The third-order valence-electron chi connectivity index (χ3n) is 1.82. The molecule has 7 heteroatoms. The number of aromatic nitrogens is 1. The Hall–Kier alpha value is -1.99. The smallest absolute Gasteiger partial charge is 0.354 e. The van der Waals surface area contributed by atoms with Crippen molar-refractivity contribution in [2.24, 2.45) is 0 Å². The van der Waals surface area contributed by atoms with E-state index in [1.165, 1.54) is 6.07 Å². The van der Waals surface area contributed by atoms with Gasteiger partial charge in [0.1, 0.15) is 5.69 Å². The van der Waals surface area contributed by atoms with Gasteiger partial charge in [0.2, 0.25) is 0 Å².